The summed E-state index contributed by atoms with van der Waals surface area (Å²) < 4.78 is 6.07. The predicted molar refractivity (Wildman–Crippen MR) is 229 cm³/mol. The maximum atomic E-state index is 6.07. The van der Waals surface area contributed by atoms with Crippen molar-refractivity contribution in [2.75, 3.05) is 4.90 Å². The van der Waals surface area contributed by atoms with Crippen molar-refractivity contribution in [3.8, 4) is 56.2 Å². The first kappa shape index (κ1) is 33.0. The Bertz CT molecular complexity index is 2900. The Kier molecular flexibility index (Phi) is 8.43. The lowest BCUT2D eigenvalue weighted by atomic mass is 9.96. The molecule has 0 unspecified atom stereocenters. The molecule has 264 valence electrons. The zero-order chi connectivity index (χ0) is 37.3. The third kappa shape index (κ3) is 6.17. The van der Waals surface area contributed by atoms with Gasteiger partial charge in [-0.15, -0.1) is 0 Å². The van der Waals surface area contributed by atoms with Crippen LogP contribution in [0.1, 0.15) is 0 Å². The number of aromatic nitrogens is 3. The molecule has 10 aromatic rings. The topological polar surface area (TPSA) is 55.1 Å². The summed E-state index contributed by atoms with van der Waals surface area (Å²) in [6, 6.07) is 70.9. The molecule has 8 aromatic carbocycles. The highest BCUT2D eigenvalue weighted by atomic mass is 16.3. The van der Waals surface area contributed by atoms with Gasteiger partial charge < -0.3 is 9.32 Å². The van der Waals surface area contributed by atoms with E-state index in [2.05, 4.69) is 163 Å². The molecule has 0 fully saturated rings. The van der Waals surface area contributed by atoms with E-state index in [1.54, 1.807) is 0 Å². The first-order valence-electron chi connectivity index (χ1n) is 18.7. The number of oxazole rings is 1. The maximum absolute atomic E-state index is 6.07. The molecule has 56 heavy (non-hydrogen) atoms. The standard InChI is InChI=1S/C51H34N4O/c1-5-15-35(16-6-1)43-33-34-44(36-17-7-2-8-18-36)50-49(43)53-47(37-19-9-3-10-20-37)48(54-50)38-25-29-41(30-26-38)55(40-21-11-4-12-22-40)42-31-27-39(28-32-42)51-52-45-23-13-14-24-46(45)56-51/h1-34H. The van der Waals surface area contributed by atoms with Crippen LogP contribution in [0.15, 0.2) is 211 Å². The molecule has 10 rings (SSSR count). The Labute approximate surface area is 324 Å². The molecule has 5 nitrogen and oxygen atoms in total. The molecule has 0 aliphatic heterocycles. The molecule has 0 atom stereocenters. The minimum atomic E-state index is 0.602. The minimum Gasteiger partial charge on any atom is -0.436 e. The van der Waals surface area contributed by atoms with Crippen LogP contribution in [0.25, 0.3) is 78.4 Å². The van der Waals surface area contributed by atoms with E-state index in [1.165, 1.54) is 0 Å². The summed E-state index contributed by atoms with van der Waals surface area (Å²) in [5, 5.41) is 0. The van der Waals surface area contributed by atoms with E-state index in [0.29, 0.717) is 5.89 Å². The van der Waals surface area contributed by atoms with Crippen LogP contribution in [-0.2, 0) is 0 Å². The Morgan fingerprint density at radius 2 is 0.732 bits per heavy atom. The van der Waals surface area contributed by atoms with Gasteiger partial charge in [-0.05, 0) is 71.8 Å². The molecule has 0 radical (unpaired) electrons. The Balaban J connectivity index is 1.11. The van der Waals surface area contributed by atoms with E-state index in [1.807, 2.05) is 48.5 Å². The Morgan fingerprint density at radius 3 is 1.25 bits per heavy atom. The molecule has 0 aliphatic carbocycles. The van der Waals surface area contributed by atoms with Crippen molar-refractivity contribution < 1.29 is 4.42 Å². The molecular weight excluding hydrogens is 685 g/mol. The van der Waals surface area contributed by atoms with Gasteiger partial charge in [-0.1, -0.05) is 146 Å². The highest BCUT2D eigenvalue weighted by molar-refractivity contribution is 6.03. The maximum Gasteiger partial charge on any atom is 0.227 e. The van der Waals surface area contributed by atoms with E-state index in [4.69, 9.17) is 19.4 Å². The van der Waals surface area contributed by atoms with Gasteiger partial charge >= 0.3 is 0 Å². The molecular formula is C51H34N4O. The van der Waals surface area contributed by atoms with E-state index >= 15 is 0 Å². The number of fused-ring (bicyclic) bond motifs is 2. The van der Waals surface area contributed by atoms with Crippen molar-refractivity contribution in [1.29, 1.82) is 0 Å². The fourth-order valence-corrected chi connectivity index (χ4v) is 7.38. The van der Waals surface area contributed by atoms with Gasteiger partial charge in [0.25, 0.3) is 0 Å². The van der Waals surface area contributed by atoms with Crippen LogP contribution in [0.5, 0.6) is 0 Å². The molecule has 5 heteroatoms. The summed E-state index contributed by atoms with van der Waals surface area (Å²) in [4.78, 5) is 18.0. The van der Waals surface area contributed by atoms with Crippen LogP contribution in [0, 0.1) is 0 Å². The van der Waals surface area contributed by atoms with Gasteiger partial charge in [-0.3, -0.25) is 0 Å². The second kappa shape index (κ2) is 14.3. The summed E-state index contributed by atoms with van der Waals surface area (Å²) >= 11 is 0. The van der Waals surface area contributed by atoms with Crippen LogP contribution in [0.3, 0.4) is 0 Å². The average molecular weight is 719 g/mol. The van der Waals surface area contributed by atoms with Gasteiger partial charge in [-0.2, -0.15) is 0 Å². The van der Waals surface area contributed by atoms with Gasteiger partial charge in [0, 0.05) is 44.9 Å². The molecule has 0 aliphatic rings. The molecule has 0 spiro atoms. The SMILES string of the molecule is c1ccc(-c2nc3c(-c4ccccc4)ccc(-c4ccccc4)c3nc2-c2ccc(N(c3ccccc3)c3ccc(-c4nc5ccccc5o4)cc3)cc2)cc1. The number of nitrogens with zero attached hydrogens (tertiary/aromatic N) is 4. The number of benzene rings is 8. The summed E-state index contributed by atoms with van der Waals surface area (Å²) in [5.41, 5.74) is 15.3. The molecule has 2 heterocycles. The molecule has 0 bridgehead atoms. The largest absolute Gasteiger partial charge is 0.436 e. The Morgan fingerprint density at radius 1 is 0.321 bits per heavy atom. The first-order chi connectivity index (χ1) is 27.8. The summed E-state index contributed by atoms with van der Waals surface area (Å²) in [5.74, 6) is 0.602. The van der Waals surface area contributed by atoms with Gasteiger partial charge in [-0.25, -0.2) is 15.0 Å². The number of anilines is 3. The second-order valence-electron chi connectivity index (χ2n) is 13.6. The fourth-order valence-electron chi connectivity index (χ4n) is 7.38. The first-order valence-corrected chi connectivity index (χ1v) is 18.7. The van der Waals surface area contributed by atoms with Gasteiger partial charge in [0.15, 0.2) is 5.58 Å². The van der Waals surface area contributed by atoms with Crippen molar-refractivity contribution in [3.05, 3.63) is 206 Å². The van der Waals surface area contributed by atoms with Crippen molar-refractivity contribution in [2.45, 2.75) is 0 Å². The quantitative estimate of drug-likeness (QED) is 0.157. The van der Waals surface area contributed by atoms with Gasteiger partial charge in [0.2, 0.25) is 5.89 Å². The fraction of sp³-hybridized carbons (Fsp3) is 0. The normalized spacial score (nSPS) is 11.2. The number of hydrogen-bond donors (Lipinski definition) is 0. The van der Waals surface area contributed by atoms with Gasteiger partial charge in [0.05, 0.1) is 22.4 Å². The lowest BCUT2D eigenvalue weighted by Gasteiger charge is -2.26. The van der Waals surface area contributed by atoms with Crippen molar-refractivity contribution in [1.82, 2.24) is 15.0 Å². The Hall–Kier alpha value is -7.63. The number of rotatable bonds is 8. The van der Waals surface area contributed by atoms with Crippen molar-refractivity contribution in [2.24, 2.45) is 0 Å². The van der Waals surface area contributed by atoms with Crippen LogP contribution < -0.4 is 4.90 Å². The van der Waals surface area contributed by atoms with E-state index < -0.39 is 0 Å². The van der Waals surface area contributed by atoms with Crippen LogP contribution in [-0.4, -0.2) is 15.0 Å². The number of para-hydroxylation sites is 3. The zero-order valence-electron chi connectivity index (χ0n) is 30.3. The monoisotopic (exact) mass is 718 g/mol. The molecule has 0 saturated carbocycles. The molecule has 2 aromatic heterocycles. The van der Waals surface area contributed by atoms with Crippen molar-refractivity contribution >= 4 is 39.2 Å². The third-order valence-electron chi connectivity index (χ3n) is 10.1. The lowest BCUT2D eigenvalue weighted by molar-refractivity contribution is 0.620. The van der Waals surface area contributed by atoms with Crippen LogP contribution in [0.2, 0.25) is 0 Å². The molecule has 0 saturated heterocycles. The van der Waals surface area contributed by atoms with E-state index in [-0.39, 0.29) is 0 Å². The zero-order valence-corrected chi connectivity index (χ0v) is 30.3. The third-order valence-corrected chi connectivity index (χ3v) is 10.1. The van der Waals surface area contributed by atoms with Crippen molar-refractivity contribution in [3.63, 3.8) is 0 Å². The van der Waals surface area contributed by atoms with Crippen LogP contribution in [0.4, 0.5) is 17.1 Å². The highest BCUT2D eigenvalue weighted by Crippen LogP contribution is 2.41. The number of hydrogen-bond acceptors (Lipinski definition) is 5. The van der Waals surface area contributed by atoms with Gasteiger partial charge in [0.1, 0.15) is 5.52 Å². The highest BCUT2D eigenvalue weighted by Gasteiger charge is 2.20. The van der Waals surface area contributed by atoms with Crippen LogP contribution >= 0.6 is 0 Å². The molecule has 0 amide bonds. The summed E-state index contributed by atoms with van der Waals surface area (Å²) in [6.45, 7) is 0. The average Bonchev–Trinajstić information content (AvgIpc) is 3.72. The van der Waals surface area contributed by atoms with E-state index in [0.717, 1.165) is 89.5 Å². The van der Waals surface area contributed by atoms with E-state index in [9.17, 15) is 0 Å². The minimum absolute atomic E-state index is 0.602. The smallest absolute Gasteiger partial charge is 0.227 e. The second-order valence-corrected chi connectivity index (χ2v) is 13.6. The molecule has 0 N–H and O–H groups in total. The lowest BCUT2D eigenvalue weighted by Crippen LogP contribution is -2.09. The summed E-state index contributed by atoms with van der Waals surface area (Å²) in [7, 11) is 0. The summed E-state index contributed by atoms with van der Waals surface area (Å²) in [6.07, 6.45) is 0. The predicted octanol–water partition coefficient (Wildman–Crippen LogP) is 13.6.